The molecule has 0 aromatic carbocycles. The Labute approximate surface area is 133 Å². The monoisotopic (exact) mass is 330 g/mol. The fourth-order valence-electron chi connectivity index (χ4n) is 2.55. The molecule has 0 aliphatic carbocycles. The zero-order valence-corrected chi connectivity index (χ0v) is 14.5. The Morgan fingerprint density at radius 3 is 2.38 bits per heavy atom. The predicted molar refractivity (Wildman–Crippen MR) is 88.9 cm³/mol. The van der Waals surface area contributed by atoms with Gasteiger partial charge in [0.05, 0.1) is 15.5 Å². The van der Waals surface area contributed by atoms with E-state index in [-0.39, 0.29) is 18.0 Å². The number of hydrogen-bond acceptors (Lipinski definition) is 7. The van der Waals surface area contributed by atoms with Crippen LogP contribution < -0.4 is 10.6 Å². The molecule has 2 heterocycles. The van der Waals surface area contributed by atoms with Crippen molar-refractivity contribution in [2.45, 2.75) is 30.4 Å². The summed E-state index contributed by atoms with van der Waals surface area (Å²) in [6, 6.07) is 0. The lowest BCUT2D eigenvalue weighted by atomic mass is 10.2. The fourth-order valence-corrected chi connectivity index (χ4v) is 4.76. The summed E-state index contributed by atoms with van der Waals surface area (Å²) in [5.74, 6) is 0.102. The van der Waals surface area contributed by atoms with Gasteiger partial charge in [-0.2, -0.15) is 0 Å². The summed E-state index contributed by atoms with van der Waals surface area (Å²) in [5, 5.41) is 1.05. The van der Waals surface area contributed by atoms with Crippen molar-refractivity contribution in [1.29, 1.82) is 0 Å². The average Bonchev–Trinajstić information content (AvgIpc) is 3.06. The van der Waals surface area contributed by atoms with E-state index in [9.17, 15) is 4.79 Å². The molecule has 1 fully saturated rings. The van der Waals surface area contributed by atoms with Crippen molar-refractivity contribution in [1.82, 2.24) is 0 Å². The molecule has 5 nitrogen and oxygen atoms in total. The van der Waals surface area contributed by atoms with Gasteiger partial charge in [0.1, 0.15) is 17.2 Å². The van der Waals surface area contributed by atoms with Crippen molar-refractivity contribution in [3.05, 3.63) is 4.88 Å². The van der Waals surface area contributed by atoms with Crippen molar-refractivity contribution in [3.63, 3.8) is 0 Å². The first-order valence-corrected chi connectivity index (χ1v) is 8.91. The number of hydrogen-bond donors (Lipinski definition) is 1. The van der Waals surface area contributed by atoms with Gasteiger partial charge in [-0.3, -0.25) is 4.79 Å². The molecular formula is C14H22N2O3S2. The van der Waals surface area contributed by atoms with Crippen molar-refractivity contribution in [3.8, 4) is 0 Å². The molecule has 118 valence electrons. The molecule has 0 bridgehead atoms. The van der Waals surface area contributed by atoms with Crippen molar-refractivity contribution in [2.75, 3.05) is 44.2 Å². The second kappa shape index (κ2) is 7.00. The summed E-state index contributed by atoms with van der Waals surface area (Å²) >= 11 is 3.07. The molecule has 1 aromatic heterocycles. The molecule has 2 rings (SSSR count). The molecular weight excluding hydrogens is 308 g/mol. The van der Waals surface area contributed by atoms with E-state index in [0.29, 0.717) is 17.0 Å². The van der Waals surface area contributed by atoms with Crippen LogP contribution in [0.2, 0.25) is 0 Å². The van der Waals surface area contributed by atoms with Gasteiger partial charge in [0.15, 0.2) is 5.78 Å². The quantitative estimate of drug-likeness (QED) is 0.638. The molecule has 1 saturated heterocycles. The minimum absolute atomic E-state index is 0.0401. The largest absolute Gasteiger partial charge is 0.396 e. The van der Waals surface area contributed by atoms with E-state index in [1.807, 2.05) is 13.2 Å². The number of nitrogens with two attached hydrogens (primary N) is 1. The van der Waals surface area contributed by atoms with Gasteiger partial charge in [-0.1, -0.05) is 6.92 Å². The molecule has 2 atom stereocenters. The van der Waals surface area contributed by atoms with E-state index in [1.54, 1.807) is 26.0 Å². The van der Waals surface area contributed by atoms with Crippen LogP contribution in [-0.4, -0.2) is 51.6 Å². The van der Waals surface area contributed by atoms with E-state index >= 15 is 0 Å². The van der Waals surface area contributed by atoms with Gasteiger partial charge >= 0.3 is 0 Å². The third-order valence-corrected chi connectivity index (χ3v) is 6.03. The van der Waals surface area contributed by atoms with E-state index in [2.05, 4.69) is 4.90 Å². The number of Topliss-reactive ketones (excluding diaryl/α,β-unsaturated/α-hetero) is 1. The van der Waals surface area contributed by atoms with Crippen LogP contribution in [0.4, 0.5) is 10.7 Å². The molecule has 1 aliphatic heterocycles. The summed E-state index contributed by atoms with van der Waals surface area (Å²) < 4.78 is 11.0. The first kappa shape index (κ1) is 16.6. The first-order valence-electron chi connectivity index (χ1n) is 6.87. The van der Waals surface area contributed by atoms with E-state index in [1.165, 1.54) is 11.3 Å². The van der Waals surface area contributed by atoms with Gasteiger partial charge in [0, 0.05) is 33.7 Å². The molecule has 2 unspecified atom stereocenters. The standard InChI is InChI=1S/C14H22N2O3S2/c1-5-8(17)12-11(15)13(20-4)14(21-12)16-6-9(18-2)10(7-16)19-3/h9-10H,5-7,15H2,1-4H3. The third kappa shape index (κ3) is 3.06. The SMILES string of the molecule is CCC(=O)c1sc(N2CC(OC)C(OC)C2)c(SC)c1N. The molecule has 7 heteroatoms. The maximum absolute atomic E-state index is 12.0. The van der Waals surface area contributed by atoms with Crippen LogP contribution in [-0.2, 0) is 9.47 Å². The molecule has 21 heavy (non-hydrogen) atoms. The summed E-state index contributed by atoms with van der Waals surface area (Å²) in [6.07, 6.45) is 2.54. The summed E-state index contributed by atoms with van der Waals surface area (Å²) in [6.45, 7) is 3.36. The van der Waals surface area contributed by atoms with Crippen LogP contribution >= 0.6 is 23.1 Å². The average molecular weight is 330 g/mol. The first-order chi connectivity index (χ1) is 10.1. The smallest absolute Gasteiger partial charge is 0.174 e. The number of rotatable bonds is 6. The minimum Gasteiger partial charge on any atom is -0.396 e. The molecule has 1 aliphatic rings. The van der Waals surface area contributed by atoms with Gasteiger partial charge in [0.2, 0.25) is 0 Å². The highest BCUT2D eigenvalue weighted by Gasteiger charge is 2.35. The summed E-state index contributed by atoms with van der Waals surface area (Å²) in [4.78, 5) is 15.9. The lowest BCUT2D eigenvalue weighted by Gasteiger charge is -2.17. The van der Waals surface area contributed by atoms with Crippen LogP contribution in [0.1, 0.15) is 23.0 Å². The number of carbonyl (C=O) groups is 1. The van der Waals surface area contributed by atoms with E-state index in [0.717, 1.165) is 23.0 Å². The zero-order valence-electron chi connectivity index (χ0n) is 12.8. The highest BCUT2D eigenvalue weighted by molar-refractivity contribution is 7.99. The number of carbonyl (C=O) groups excluding carboxylic acids is 1. The van der Waals surface area contributed by atoms with E-state index in [4.69, 9.17) is 15.2 Å². The van der Waals surface area contributed by atoms with E-state index < -0.39 is 0 Å². The third-order valence-electron chi connectivity index (χ3n) is 3.77. The lowest BCUT2D eigenvalue weighted by molar-refractivity contribution is -0.00461. The van der Waals surface area contributed by atoms with Crippen LogP contribution in [0.3, 0.4) is 0 Å². The number of methoxy groups -OCH3 is 2. The maximum atomic E-state index is 12.0. The van der Waals surface area contributed by atoms with Gasteiger partial charge in [-0.25, -0.2) is 0 Å². The van der Waals surface area contributed by atoms with Crippen LogP contribution in [0, 0.1) is 0 Å². The van der Waals surface area contributed by atoms with Gasteiger partial charge in [0.25, 0.3) is 0 Å². The normalized spacial score (nSPS) is 22.0. The Hall–Kier alpha value is -0.760. The molecule has 0 spiro atoms. The molecule has 1 aromatic rings. The van der Waals surface area contributed by atoms with Crippen molar-refractivity contribution in [2.24, 2.45) is 0 Å². The van der Waals surface area contributed by atoms with Gasteiger partial charge < -0.3 is 20.1 Å². The van der Waals surface area contributed by atoms with Crippen LogP contribution in [0.5, 0.6) is 0 Å². The van der Waals surface area contributed by atoms with Gasteiger partial charge in [-0.05, 0) is 6.26 Å². The number of thiophene rings is 1. The van der Waals surface area contributed by atoms with Crippen LogP contribution in [0.15, 0.2) is 4.90 Å². The van der Waals surface area contributed by atoms with Crippen molar-refractivity contribution < 1.29 is 14.3 Å². The number of ketones is 1. The Bertz CT molecular complexity index is 507. The Morgan fingerprint density at radius 2 is 1.95 bits per heavy atom. The number of nitrogens with zero attached hydrogens (tertiary/aromatic N) is 1. The molecule has 0 saturated carbocycles. The molecule has 2 N–H and O–H groups in total. The maximum Gasteiger partial charge on any atom is 0.174 e. The summed E-state index contributed by atoms with van der Waals surface area (Å²) in [7, 11) is 3.40. The Morgan fingerprint density at radius 1 is 1.38 bits per heavy atom. The Kier molecular flexibility index (Phi) is 5.54. The second-order valence-electron chi connectivity index (χ2n) is 4.91. The number of nitrogen functional groups attached to an aromatic ring is 1. The predicted octanol–water partition coefficient (Wildman–Crippen LogP) is 2.49. The van der Waals surface area contributed by atoms with Gasteiger partial charge in [-0.15, -0.1) is 23.1 Å². The zero-order chi connectivity index (χ0) is 15.6. The molecule has 0 radical (unpaired) electrons. The number of ether oxygens (including phenoxy) is 2. The topological polar surface area (TPSA) is 64.8 Å². The summed E-state index contributed by atoms with van der Waals surface area (Å²) in [5.41, 5.74) is 6.79. The highest BCUT2D eigenvalue weighted by atomic mass is 32.2. The minimum atomic E-state index is 0.0401. The van der Waals surface area contributed by atoms with Crippen LogP contribution in [0.25, 0.3) is 0 Å². The lowest BCUT2D eigenvalue weighted by Crippen LogP contribution is -2.27. The highest BCUT2D eigenvalue weighted by Crippen LogP contribution is 2.45. The van der Waals surface area contributed by atoms with Crippen molar-refractivity contribution >= 4 is 39.6 Å². The number of thioether (sulfide) groups is 1. The Balaban J connectivity index is 2.34. The number of anilines is 2. The molecule has 0 amide bonds. The fraction of sp³-hybridized carbons (Fsp3) is 0.643. The second-order valence-corrected chi connectivity index (χ2v) is 6.73.